The van der Waals surface area contributed by atoms with Crippen LogP contribution in [0.25, 0.3) is 0 Å². The molecule has 1 unspecified atom stereocenters. The monoisotopic (exact) mass is 472 g/mol. The second kappa shape index (κ2) is 10.5. The Morgan fingerprint density at radius 1 is 1.29 bits per heavy atom. The van der Waals surface area contributed by atoms with E-state index in [4.69, 9.17) is 9.47 Å². The van der Waals surface area contributed by atoms with Gasteiger partial charge in [-0.3, -0.25) is 0 Å². The van der Waals surface area contributed by atoms with Gasteiger partial charge in [0.15, 0.2) is 5.79 Å². The van der Waals surface area contributed by atoms with Gasteiger partial charge >= 0.3 is 5.97 Å². The first-order chi connectivity index (χ1) is 16.0. The number of fused-ring (bicyclic) bond motifs is 1. The van der Waals surface area contributed by atoms with Crippen LogP contribution in [0.2, 0.25) is 0 Å². The van der Waals surface area contributed by atoms with E-state index in [1.54, 1.807) is 5.57 Å². The fourth-order valence-electron chi connectivity index (χ4n) is 5.95. The highest BCUT2D eigenvalue weighted by atomic mass is 16.6. The van der Waals surface area contributed by atoms with E-state index in [1.165, 1.54) is 18.4 Å². The van der Waals surface area contributed by atoms with Gasteiger partial charge < -0.3 is 19.7 Å². The molecule has 190 valence electrons. The second-order valence-corrected chi connectivity index (χ2v) is 10.9. The molecular weight excluding hydrogens is 428 g/mol. The summed E-state index contributed by atoms with van der Waals surface area (Å²) in [7, 11) is 0. The van der Waals surface area contributed by atoms with Crippen molar-refractivity contribution in [1.82, 2.24) is 0 Å². The maximum atomic E-state index is 12.3. The summed E-state index contributed by atoms with van der Waals surface area (Å²) in [5, 5.41) is 21.7. The third-order valence-electron chi connectivity index (χ3n) is 8.70. The lowest BCUT2D eigenvalue weighted by Crippen LogP contribution is -2.44. The van der Waals surface area contributed by atoms with Crippen LogP contribution >= 0.6 is 0 Å². The van der Waals surface area contributed by atoms with E-state index in [1.807, 2.05) is 26.8 Å². The maximum Gasteiger partial charge on any atom is 0.332 e. The zero-order valence-electron chi connectivity index (χ0n) is 21.8. The quantitative estimate of drug-likeness (QED) is 0.260. The molecule has 0 aromatic rings. The maximum absolute atomic E-state index is 12.3. The Morgan fingerprint density at radius 2 is 2.00 bits per heavy atom. The third-order valence-corrected chi connectivity index (χ3v) is 8.70. The van der Waals surface area contributed by atoms with E-state index < -0.39 is 23.5 Å². The molecule has 4 atom stereocenters. The van der Waals surface area contributed by atoms with Gasteiger partial charge in [0, 0.05) is 12.8 Å². The Hall–Kier alpha value is -1.69. The van der Waals surface area contributed by atoms with Crippen LogP contribution in [-0.2, 0) is 14.3 Å². The highest BCUT2D eigenvalue weighted by molar-refractivity contribution is 5.71. The Morgan fingerprint density at radius 3 is 2.65 bits per heavy atom. The summed E-state index contributed by atoms with van der Waals surface area (Å²) < 4.78 is 11.2. The van der Waals surface area contributed by atoms with Gasteiger partial charge in [0.1, 0.15) is 12.2 Å². The van der Waals surface area contributed by atoms with E-state index >= 15 is 0 Å². The first-order valence-electron chi connectivity index (χ1n) is 13.0. The third kappa shape index (κ3) is 5.58. The van der Waals surface area contributed by atoms with E-state index in [0.29, 0.717) is 24.3 Å². The molecule has 5 nitrogen and oxygen atoms in total. The van der Waals surface area contributed by atoms with E-state index in [9.17, 15) is 15.0 Å². The van der Waals surface area contributed by atoms with Crippen molar-refractivity contribution < 1.29 is 24.5 Å². The molecule has 0 radical (unpaired) electrons. The number of aliphatic hydroxyl groups is 2. The summed E-state index contributed by atoms with van der Waals surface area (Å²) >= 11 is 0. The largest absolute Gasteiger partial charge is 0.458 e. The minimum absolute atomic E-state index is 0.0175. The van der Waals surface area contributed by atoms with E-state index in [0.717, 1.165) is 24.8 Å². The fourth-order valence-corrected chi connectivity index (χ4v) is 5.95. The predicted molar refractivity (Wildman–Crippen MR) is 135 cm³/mol. The molecule has 2 saturated carbocycles. The van der Waals surface area contributed by atoms with Crippen LogP contribution in [0.1, 0.15) is 92.4 Å². The van der Waals surface area contributed by atoms with Gasteiger partial charge in [-0.1, -0.05) is 63.6 Å². The van der Waals surface area contributed by atoms with E-state index in [-0.39, 0.29) is 24.9 Å². The van der Waals surface area contributed by atoms with Crippen molar-refractivity contribution in [3.05, 3.63) is 47.1 Å². The van der Waals surface area contributed by atoms with E-state index in [2.05, 4.69) is 32.6 Å². The van der Waals surface area contributed by atoms with Crippen molar-refractivity contribution in [1.29, 1.82) is 0 Å². The highest BCUT2D eigenvalue weighted by Gasteiger charge is 2.44. The lowest BCUT2D eigenvalue weighted by Gasteiger charge is -2.41. The minimum atomic E-state index is -1.63. The highest BCUT2D eigenvalue weighted by Crippen LogP contribution is 2.55. The van der Waals surface area contributed by atoms with Crippen LogP contribution < -0.4 is 0 Å². The van der Waals surface area contributed by atoms with Crippen LogP contribution in [0.5, 0.6) is 0 Å². The number of carbonyl (C=O) groups is 1. The van der Waals surface area contributed by atoms with Crippen molar-refractivity contribution in [3.8, 4) is 0 Å². The zero-order valence-corrected chi connectivity index (χ0v) is 21.8. The molecule has 2 N–H and O–H groups in total. The molecule has 3 rings (SSSR count). The summed E-state index contributed by atoms with van der Waals surface area (Å²) in [6.07, 6.45) is 12.9. The molecule has 0 aromatic carbocycles. The molecule has 3 aliphatic carbocycles. The van der Waals surface area contributed by atoms with Crippen molar-refractivity contribution >= 4 is 5.97 Å². The standard InChI is InChI=1S/C29H44O5/c1-7-23-14-15-24-21(11-10-16-28(23,24)6)12-13-22-17-29(32,18-25(30)20(22)4)33-19-26(31)34-27(5,8-2)9-3/h12-14,24-25,30,32H,4,7-11,15-19H2,1-3,5-6H3/t24-,25?,28+,29-/m0/s1. The van der Waals surface area contributed by atoms with Gasteiger partial charge in [-0.25, -0.2) is 4.79 Å². The van der Waals surface area contributed by atoms with Crippen LogP contribution in [0.3, 0.4) is 0 Å². The summed E-state index contributed by atoms with van der Waals surface area (Å²) in [5.41, 5.74) is 4.08. The van der Waals surface area contributed by atoms with Crippen molar-refractivity contribution in [2.45, 2.75) is 110 Å². The van der Waals surface area contributed by atoms with Gasteiger partial charge in [0.2, 0.25) is 0 Å². The zero-order chi connectivity index (χ0) is 25.1. The minimum Gasteiger partial charge on any atom is -0.458 e. The molecule has 0 saturated heterocycles. The number of esters is 1. The number of allylic oxidation sites excluding steroid dienone is 5. The van der Waals surface area contributed by atoms with Crippen molar-refractivity contribution in [2.24, 2.45) is 11.3 Å². The molecule has 34 heavy (non-hydrogen) atoms. The number of rotatable bonds is 8. The van der Waals surface area contributed by atoms with Gasteiger partial charge in [-0.05, 0) is 74.3 Å². The molecule has 0 aliphatic heterocycles. The summed E-state index contributed by atoms with van der Waals surface area (Å²) in [6.45, 7) is 14.2. The SMILES string of the molecule is C=C1C(=CC=C2CCC[C@]3(C)C(CC)=CC[C@@H]23)C[C@](O)(OCC(=O)OC(C)(CC)CC)CC1O. The average molecular weight is 473 g/mol. The second-order valence-electron chi connectivity index (χ2n) is 10.9. The van der Waals surface area contributed by atoms with Crippen LogP contribution in [0.4, 0.5) is 0 Å². The van der Waals surface area contributed by atoms with Crippen LogP contribution in [-0.4, -0.2) is 40.3 Å². The molecular formula is C29H44O5. The average Bonchev–Trinajstić information content (AvgIpc) is 3.15. The van der Waals surface area contributed by atoms with Crippen LogP contribution in [0, 0.1) is 11.3 Å². The first-order valence-corrected chi connectivity index (χ1v) is 13.0. The van der Waals surface area contributed by atoms with Gasteiger partial charge in [-0.15, -0.1) is 0 Å². The molecule has 0 bridgehead atoms. The fraction of sp³-hybridized carbons (Fsp3) is 0.690. The smallest absolute Gasteiger partial charge is 0.332 e. The summed E-state index contributed by atoms with van der Waals surface area (Å²) in [5.74, 6) is -1.62. The first kappa shape index (κ1) is 26.9. The predicted octanol–water partition coefficient (Wildman–Crippen LogP) is 5.92. The molecule has 2 fully saturated rings. The van der Waals surface area contributed by atoms with Crippen molar-refractivity contribution in [2.75, 3.05) is 6.61 Å². The Kier molecular flexibility index (Phi) is 8.32. The summed E-state index contributed by atoms with van der Waals surface area (Å²) in [4.78, 5) is 12.3. The van der Waals surface area contributed by atoms with Gasteiger partial charge in [-0.2, -0.15) is 0 Å². The topological polar surface area (TPSA) is 76.0 Å². The Labute approximate surface area is 205 Å². The summed E-state index contributed by atoms with van der Waals surface area (Å²) in [6, 6.07) is 0. The number of hydrogen-bond donors (Lipinski definition) is 2. The Balaban J connectivity index is 1.71. The molecule has 0 amide bonds. The number of carbonyl (C=O) groups excluding carboxylic acids is 1. The van der Waals surface area contributed by atoms with Gasteiger partial charge in [0.25, 0.3) is 0 Å². The van der Waals surface area contributed by atoms with Gasteiger partial charge in [0.05, 0.1) is 6.10 Å². The number of ether oxygens (including phenoxy) is 2. The lowest BCUT2D eigenvalue weighted by atomic mass is 9.64. The molecule has 0 spiro atoms. The van der Waals surface area contributed by atoms with Crippen LogP contribution in [0.15, 0.2) is 47.1 Å². The molecule has 0 aromatic heterocycles. The lowest BCUT2D eigenvalue weighted by molar-refractivity contribution is -0.229. The number of hydrogen-bond acceptors (Lipinski definition) is 5. The normalized spacial score (nSPS) is 34.3. The molecule has 0 heterocycles. The van der Waals surface area contributed by atoms with Crippen molar-refractivity contribution in [3.63, 3.8) is 0 Å². The Bertz CT molecular complexity index is 877. The molecule has 5 heteroatoms. The molecule has 3 aliphatic rings. The number of aliphatic hydroxyl groups excluding tert-OH is 1.